The summed E-state index contributed by atoms with van der Waals surface area (Å²) in [5, 5.41) is 9.78. The molecule has 0 aliphatic carbocycles. The fourth-order valence-electron chi connectivity index (χ4n) is 3.54. The smallest absolute Gasteiger partial charge is 0.255 e. The Labute approximate surface area is 194 Å². The number of aryl methyl sites for hydroxylation is 4. The highest BCUT2D eigenvalue weighted by Gasteiger charge is 2.15. The van der Waals surface area contributed by atoms with Gasteiger partial charge in [-0.05, 0) is 81.5 Å². The predicted molar refractivity (Wildman–Crippen MR) is 128 cm³/mol. The van der Waals surface area contributed by atoms with Crippen LogP contribution >= 0.6 is 0 Å². The van der Waals surface area contributed by atoms with E-state index in [1.165, 1.54) is 6.92 Å². The maximum Gasteiger partial charge on any atom is 0.255 e. The first kappa shape index (κ1) is 24.0. The number of nitrogens with zero attached hydrogens (tertiary/aromatic N) is 1. The van der Waals surface area contributed by atoms with Crippen molar-refractivity contribution < 1.29 is 18.8 Å². The van der Waals surface area contributed by atoms with Gasteiger partial charge in [0.2, 0.25) is 5.91 Å². The number of hydrogen-bond donors (Lipinski definition) is 2. The van der Waals surface area contributed by atoms with Gasteiger partial charge in [0.05, 0.1) is 11.3 Å². The summed E-state index contributed by atoms with van der Waals surface area (Å²) in [6, 6.07) is 11.3. The van der Waals surface area contributed by atoms with Crippen molar-refractivity contribution in [2.45, 2.75) is 54.1 Å². The molecule has 0 saturated heterocycles. The summed E-state index contributed by atoms with van der Waals surface area (Å²) in [6.45, 7) is 10.1. The Hall–Kier alpha value is -3.61. The van der Waals surface area contributed by atoms with Gasteiger partial charge in [0.15, 0.2) is 0 Å². The number of hydrogen-bond acceptors (Lipinski definition) is 5. The van der Waals surface area contributed by atoms with Gasteiger partial charge in [-0.15, -0.1) is 0 Å². The molecule has 2 aromatic carbocycles. The minimum Gasteiger partial charge on any atom is -0.488 e. The summed E-state index contributed by atoms with van der Waals surface area (Å²) in [5.41, 5.74) is 6.12. The quantitative estimate of drug-likeness (QED) is 0.457. The molecular weight excluding hydrogens is 418 g/mol. The minimum atomic E-state index is -0.177. The highest BCUT2D eigenvalue weighted by Crippen LogP contribution is 2.25. The normalized spacial score (nSPS) is 10.7. The van der Waals surface area contributed by atoms with Crippen molar-refractivity contribution in [1.29, 1.82) is 0 Å². The predicted octanol–water partition coefficient (Wildman–Crippen LogP) is 4.81. The number of ether oxygens (including phenoxy) is 1. The van der Waals surface area contributed by atoms with Crippen LogP contribution in [0, 0.1) is 27.7 Å². The van der Waals surface area contributed by atoms with E-state index in [4.69, 9.17) is 9.26 Å². The van der Waals surface area contributed by atoms with Gasteiger partial charge in [-0.1, -0.05) is 17.3 Å². The molecule has 0 atom stereocenters. The van der Waals surface area contributed by atoms with Crippen LogP contribution in [-0.4, -0.2) is 23.5 Å². The monoisotopic (exact) mass is 449 g/mol. The van der Waals surface area contributed by atoms with Gasteiger partial charge in [0.1, 0.15) is 18.1 Å². The number of benzene rings is 2. The molecule has 1 heterocycles. The molecule has 0 radical (unpaired) electrons. The van der Waals surface area contributed by atoms with E-state index in [0.717, 1.165) is 45.8 Å². The first-order chi connectivity index (χ1) is 15.8. The lowest BCUT2D eigenvalue weighted by Gasteiger charge is -2.15. The summed E-state index contributed by atoms with van der Waals surface area (Å²) in [5.74, 6) is 1.18. The number of nitrogens with one attached hydrogen (secondary N) is 2. The van der Waals surface area contributed by atoms with Gasteiger partial charge in [-0.2, -0.15) is 0 Å². The zero-order valence-corrected chi connectivity index (χ0v) is 19.9. The molecule has 7 heteroatoms. The second-order valence-corrected chi connectivity index (χ2v) is 8.20. The Morgan fingerprint density at radius 3 is 2.58 bits per heavy atom. The van der Waals surface area contributed by atoms with E-state index in [0.29, 0.717) is 30.9 Å². The largest absolute Gasteiger partial charge is 0.488 e. The second-order valence-electron chi connectivity index (χ2n) is 8.20. The topological polar surface area (TPSA) is 93.5 Å². The van der Waals surface area contributed by atoms with Crippen molar-refractivity contribution in [2.24, 2.45) is 0 Å². The van der Waals surface area contributed by atoms with Crippen LogP contribution in [0.1, 0.15) is 57.4 Å². The lowest BCUT2D eigenvalue weighted by atomic mass is 10.0. The molecule has 1 aromatic heterocycles. The zero-order valence-electron chi connectivity index (χ0n) is 19.9. The molecule has 0 fully saturated rings. The van der Waals surface area contributed by atoms with Gasteiger partial charge >= 0.3 is 0 Å². The average Bonchev–Trinajstić information content (AvgIpc) is 3.10. The molecule has 174 valence electrons. The van der Waals surface area contributed by atoms with Crippen LogP contribution in [0.2, 0.25) is 0 Å². The lowest BCUT2D eigenvalue weighted by molar-refractivity contribution is -0.118. The molecule has 0 aliphatic heterocycles. The molecule has 0 aliphatic rings. The van der Waals surface area contributed by atoms with E-state index in [9.17, 15) is 9.59 Å². The number of carbonyl (C=O) groups excluding carboxylic acids is 2. The van der Waals surface area contributed by atoms with Gasteiger partial charge in [-0.25, -0.2) is 0 Å². The summed E-state index contributed by atoms with van der Waals surface area (Å²) in [7, 11) is 0. The molecule has 2 amide bonds. The standard InChI is InChI=1S/C26H31N3O4/c1-16-8-6-10-24(17(16)2)28-26(31)22-11-12-25(21(14-22)9-7-13-27-20(5)30)32-15-23-18(3)29-33-19(23)4/h6,8,10-12,14H,7,9,13,15H2,1-5H3,(H,27,30)(H,28,31). The highest BCUT2D eigenvalue weighted by molar-refractivity contribution is 6.05. The number of amides is 2. The number of rotatable bonds is 9. The first-order valence-electron chi connectivity index (χ1n) is 11.1. The van der Waals surface area contributed by atoms with Crippen molar-refractivity contribution in [3.05, 3.63) is 75.7 Å². The first-order valence-corrected chi connectivity index (χ1v) is 11.1. The van der Waals surface area contributed by atoms with Crippen molar-refractivity contribution in [3.8, 4) is 5.75 Å². The van der Waals surface area contributed by atoms with Crippen molar-refractivity contribution >= 4 is 17.5 Å². The third-order valence-corrected chi connectivity index (χ3v) is 5.73. The van der Waals surface area contributed by atoms with E-state index in [-0.39, 0.29) is 11.8 Å². The van der Waals surface area contributed by atoms with Crippen LogP contribution < -0.4 is 15.4 Å². The second kappa shape index (κ2) is 10.8. The maximum atomic E-state index is 13.0. The minimum absolute atomic E-state index is 0.0634. The average molecular weight is 450 g/mol. The van der Waals surface area contributed by atoms with E-state index < -0.39 is 0 Å². The fraction of sp³-hybridized carbons (Fsp3) is 0.346. The highest BCUT2D eigenvalue weighted by atomic mass is 16.5. The van der Waals surface area contributed by atoms with Crippen molar-refractivity contribution in [1.82, 2.24) is 10.5 Å². The summed E-state index contributed by atoms with van der Waals surface area (Å²) in [4.78, 5) is 24.1. The summed E-state index contributed by atoms with van der Waals surface area (Å²) < 4.78 is 11.3. The van der Waals surface area contributed by atoms with Crippen LogP contribution in [0.15, 0.2) is 40.9 Å². The Kier molecular flexibility index (Phi) is 7.87. The van der Waals surface area contributed by atoms with Crippen LogP contribution in [0.4, 0.5) is 5.69 Å². The molecule has 7 nitrogen and oxygen atoms in total. The van der Waals surface area contributed by atoms with Crippen LogP contribution in [-0.2, 0) is 17.8 Å². The number of carbonyl (C=O) groups is 2. The third-order valence-electron chi connectivity index (χ3n) is 5.73. The molecule has 3 aromatic rings. The van der Waals surface area contributed by atoms with Crippen LogP contribution in [0.5, 0.6) is 5.75 Å². The molecule has 33 heavy (non-hydrogen) atoms. The molecule has 3 rings (SSSR count). The number of aromatic nitrogens is 1. The van der Waals surface area contributed by atoms with Gasteiger partial charge in [0, 0.05) is 24.7 Å². The Morgan fingerprint density at radius 1 is 1.09 bits per heavy atom. The van der Waals surface area contributed by atoms with E-state index in [1.807, 2.05) is 58.0 Å². The SMILES string of the molecule is CC(=O)NCCCc1cc(C(=O)Nc2cccc(C)c2C)ccc1OCc1c(C)noc1C. The fourth-order valence-corrected chi connectivity index (χ4v) is 3.54. The van der Waals surface area contributed by atoms with Crippen molar-refractivity contribution in [2.75, 3.05) is 11.9 Å². The molecule has 2 N–H and O–H groups in total. The summed E-state index contributed by atoms with van der Waals surface area (Å²) in [6.07, 6.45) is 1.38. The van der Waals surface area contributed by atoms with Crippen LogP contribution in [0.3, 0.4) is 0 Å². The molecule has 0 bridgehead atoms. The van der Waals surface area contributed by atoms with E-state index in [1.54, 1.807) is 6.07 Å². The van der Waals surface area contributed by atoms with E-state index >= 15 is 0 Å². The Balaban J connectivity index is 1.79. The lowest BCUT2D eigenvalue weighted by Crippen LogP contribution is -2.21. The van der Waals surface area contributed by atoms with Crippen LogP contribution in [0.25, 0.3) is 0 Å². The summed E-state index contributed by atoms with van der Waals surface area (Å²) >= 11 is 0. The van der Waals surface area contributed by atoms with Gasteiger partial charge in [0.25, 0.3) is 5.91 Å². The molecule has 0 spiro atoms. The third kappa shape index (κ3) is 6.22. The molecule has 0 unspecified atom stereocenters. The van der Waals surface area contributed by atoms with Gasteiger partial charge in [-0.3, -0.25) is 9.59 Å². The Bertz CT molecular complexity index is 1130. The zero-order chi connectivity index (χ0) is 24.0. The van der Waals surface area contributed by atoms with Gasteiger partial charge < -0.3 is 19.9 Å². The van der Waals surface area contributed by atoms with E-state index in [2.05, 4.69) is 15.8 Å². The maximum absolute atomic E-state index is 13.0. The molecular formula is C26H31N3O4. The number of anilines is 1. The molecule has 0 saturated carbocycles. The Morgan fingerprint density at radius 2 is 1.88 bits per heavy atom. The van der Waals surface area contributed by atoms with Crippen molar-refractivity contribution in [3.63, 3.8) is 0 Å².